The highest BCUT2D eigenvalue weighted by atomic mass is 15.0. The Balaban J connectivity index is 1.07. The summed E-state index contributed by atoms with van der Waals surface area (Å²) in [6, 6.07) is 73.8. The van der Waals surface area contributed by atoms with Crippen LogP contribution in [0.1, 0.15) is 0 Å². The molecule has 12 aromatic rings. The lowest BCUT2D eigenvalue weighted by molar-refractivity contribution is 1.18. The third-order valence-electron chi connectivity index (χ3n) is 11.7. The molecule has 0 fully saturated rings. The number of fused-ring (bicyclic) bond motifs is 9. The van der Waals surface area contributed by atoms with Gasteiger partial charge in [0.2, 0.25) is 0 Å². The molecule has 0 aliphatic rings. The highest BCUT2D eigenvalue weighted by Gasteiger charge is 2.21. The van der Waals surface area contributed by atoms with Gasteiger partial charge < -0.3 is 9.13 Å². The number of aromatic nitrogens is 4. The Morgan fingerprint density at radius 3 is 1.72 bits per heavy atom. The van der Waals surface area contributed by atoms with E-state index in [-0.39, 0.29) is 0 Å². The van der Waals surface area contributed by atoms with Crippen molar-refractivity contribution in [3.05, 3.63) is 206 Å². The summed E-state index contributed by atoms with van der Waals surface area (Å²) < 4.78 is 4.89. The Kier molecular flexibility index (Phi) is 7.20. The third-order valence-corrected chi connectivity index (χ3v) is 11.7. The summed E-state index contributed by atoms with van der Waals surface area (Å²) in [5.74, 6) is 0.708. The van der Waals surface area contributed by atoms with E-state index in [1.807, 2.05) is 18.2 Å². The first-order valence-corrected chi connectivity index (χ1v) is 19.7. The Bertz CT molecular complexity index is 3560. The summed E-state index contributed by atoms with van der Waals surface area (Å²) >= 11 is 0. The van der Waals surface area contributed by atoms with Crippen LogP contribution < -0.4 is 0 Å². The van der Waals surface area contributed by atoms with E-state index in [4.69, 9.17) is 9.97 Å². The predicted octanol–water partition coefficient (Wildman–Crippen LogP) is 14.0. The normalized spacial score (nSPS) is 11.8. The van der Waals surface area contributed by atoms with Crippen LogP contribution in [0.5, 0.6) is 0 Å². The van der Waals surface area contributed by atoms with E-state index >= 15 is 0 Å². The first-order chi connectivity index (χ1) is 28.8. The number of para-hydroxylation sites is 3. The lowest BCUT2D eigenvalue weighted by Gasteiger charge is -2.14. The Labute approximate surface area is 334 Å². The maximum atomic E-state index is 5.18. The van der Waals surface area contributed by atoms with Crippen LogP contribution >= 0.6 is 0 Å². The predicted molar refractivity (Wildman–Crippen MR) is 242 cm³/mol. The molecule has 12 rings (SSSR count). The second-order valence-corrected chi connectivity index (χ2v) is 15.0. The van der Waals surface area contributed by atoms with Gasteiger partial charge in [0.15, 0.2) is 5.82 Å². The minimum atomic E-state index is 0.708. The maximum absolute atomic E-state index is 5.18. The summed E-state index contributed by atoms with van der Waals surface area (Å²) in [6.45, 7) is 0. The van der Waals surface area contributed by atoms with Gasteiger partial charge in [-0.2, -0.15) is 0 Å². The zero-order valence-corrected chi connectivity index (χ0v) is 31.4. The molecule has 0 amide bonds. The van der Waals surface area contributed by atoms with Crippen molar-refractivity contribution >= 4 is 65.2 Å². The smallest absolute Gasteiger partial charge is 0.160 e. The third kappa shape index (κ3) is 5.02. The van der Waals surface area contributed by atoms with Crippen molar-refractivity contribution in [2.45, 2.75) is 0 Å². The van der Waals surface area contributed by atoms with Crippen LogP contribution in [0.2, 0.25) is 0 Å². The molecule has 0 aliphatic heterocycles. The molecule has 0 N–H and O–H groups in total. The van der Waals surface area contributed by atoms with Gasteiger partial charge in [-0.3, -0.25) is 0 Å². The van der Waals surface area contributed by atoms with E-state index in [9.17, 15) is 0 Å². The lowest BCUT2D eigenvalue weighted by Crippen LogP contribution is -1.97. The van der Waals surface area contributed by atoms with E-state index in [0.717, 1.165) is 44.8 Å². The van der Waals surface area contributed by atoms with Crippen LogP contribution in [-0.2, 0) is 0 Å². The Hall–Kier alpha value is -7.82. The van der Waals surface area contributed by atoms with E-state index < -0.39 is 0 Å². The van der Waals surface area contributed by atoms with Crippen molar-refractivity contribution in [1.82, 2.24) is 19.1 Å². The van der Waals surface area contributed by atoms with Crippen molar-refractivity contribution < 1.29 is 0 Å². The largest absolute Gasteiger partial charge is 0.309 e. The molecule has 3 heterocycles. The summed E-state index contributed by atoms with van der Waals surface area (Å²) in [5, 5.41) is 9.69. The zero-order chi connectivity index (χ0) is 38.2. The topological polar surface area (TPSA) is 35.6 Å². The summed E-state index contributed by atoms with van der Waals surface area (Å²) in [5.41, 5.74) is 11.9. The first-order valence-electron chi connectivity index (χ1n) is 19.7. The zero-order valence-electron chi connectivity index (χ0n) is 31.4. The molecular weight excluding hydrogens is 705 g/mol. The summed E-state index contributed by atoms with van der Waals surface area (Å²) in [6.07, 6.45) is 0. The number of hydrogen-bond acceptors (Lipinski definition) is 2. The van der Waals surface area contributed by atoms with E-state index in [0.29, 0.717) is 5.82 Å². The second-order valence-electron chi connectivity index (χ2n) is 15.0. The van der Waals surface area contributed by atoms with Gasteiger partial charge in [0.1, 0.15) is 0 Å². The summed E-state index contributed by atoms with van der Waals surface area (Å²) in [4.78, 5) is 10.3. The molecule has 58 heavy (non-hydrogen) atoms. The van der Waals surface area contributed by atoms with Crippen LogP contribution in [0.3, 0.4) is 0 Å². The quantitative estimate of drug-likeness (QED) is 0.176. The standard InChI is InChI=1S/C54H34N4/c1-3-15-36(16-4-1)54-55-46(39-27-26-35-14-7-8-17-37(35)32-39)34-47(56-54)40-28-29-42-38(33-40)18-13-25-48(42)58-50-24-12-10-22-45(50)52-51(58)31-30-44-43-21-9-11-23-49(43)57(53(44)52)41-19-5-2-6-20-41/h1-34H. The second kappa shape index (κ2) is 12.9. The van der Waals surface area contributed by atoms with Gasteiger partial charge >= 0.3 is 0 Å². The number of rotatable bonds is 5. The molecule has 0 radical (unpaired) electrons. The lowest BCUT2D eigenvalue weighted by atomic mass is 10.0. The van der Waals surface area contributed by atoms with Gasteiger partial charge in [-0.25, -0.2) is 9.97 Å². The van der Waals surface area contributed by atoms with Gasteiger partial charge in [0, 0.05) is 49.3 Å². The molecule has 3 aromatic heterocycles. The average molecular weight is 739 g/mol. The van der Waals surface area contributed by atoms with Gasteiger partial charge in [-0.05, 0) is 70.8 Å². The molecule has 4 heteroatoms. The minimum absolute atomic E-state index is 0.708. The first kappa shape index (κ1) is 32.4. The minimum Gasteiger partial charge on any atom is -0.309 e. The highest BCUT2D eigenvalue weighted by Crippen LogP contribution is 2.43. The molecule has 0 spiro atoms. The highest BCUT2D eigenvalue weighted by molar-refractivity contribution is 6.26. The molecule has 270 valence electrons. The fraction of sp³-hybridized carbons (Fsp3) is 0. The van der Waals surface area contributed by atoms with Crippen molar-refractivity contribution in [3.8, 4) is 45.3 Å². The van der Waals surface area contributed by atoms with Crippen molar-refractivity contribution in [2.24, 2.45) is 0 Å². The van der Waals surface area contributed by atoms with Crippen LogP contribution in [0.15, 0.2) is 206 Å². The van der Waals surface area contributed by atoms with Gasteiger partial charge in [-0.1, -0.05) is 152 Å². The maximum Gasteiger partial charge on any atom is 0.160 e. The van der Waals surface area contributed by atoms with Crippen molar-refractivity contribution in [3.63, 3.8) is 0 Å². The van der Waals surface area contributed by atoms with Crippen LogP contribution in [0.4, 0.5) is 0 Å². The fourth-order valence-corrected chi connectivity index (χ4v) is 9.04. The molecule has 0 atom stereocenters. The molecule has 4 nitrogen and oxygen atoms in total. The number of nitrogens with zero attached hydrogens (tertiary/aromatic N) is 4. The van der Waals surface area contributed by atoms with Crippen molar-refractivity contribution in [2.75, 3.05) is 0 Å². The monoisotopic (exact) mass is 738 g/mol. The van der Waals surface area contributed by atoms with Crippen molar-refractivity contribution in [1.29, 1.82) is 0 Å². The molecule has 0 saturated carbocycles. The summed E-state index contributed by atoms with van der Waals surface area (Å²) in [7, 11) is 0. The van der Waals surface area contributed by atoms with E-state index in [2.05, 4.69) is 197 Å². The van der Waals surface area contributed by atoms with Crippen LogP contribution in [0, 0.1) is 0 Å². The molecule has 9 aromatic carbocycles. The average Bonchev–Trinajstić information content (AvgIpc) is 3.82. The fourth-order valence-electron chi connectivity index (χ4n) is 9.04. The molecule has 0 saturated heterocycles. The number of hydrogen-bond donors (Lipinski definition) is 0. The molecule has 0 unspecified atom stereocenters. The molecular formula is C54H34N4. The van der Waals surface area contributed by atoms with Gasteiger partial charge in [0.25, 0.3) is 0 Å². The van der Waals surface area contributed by atoms with Gasteiger partial charge in [0.05, 0.1) is 39.1 Å². The van der Waals surface area contributed by atoms with Crippen LogP contribution in [-0.4, -0.2) is 19.1 Å². The molecule has 0 aliphatic carbocycles. The van der Waals surface area contributed by atoms with Gasteiger partial charge in [-0.15, -0.1) is 0 Å². The Morgan fingerprint density at radius 2 is 0.931 bits per heavy atom. The number of benzene rings is 9. The SMILES string of the molecule is c1ccc(-c2nc(-c3ccc4ccccc4c3)cc(-c3ccc4c(-n5c6ccccc6c6c5ccc5c7ccccc7n(-c7ccccc7)c56)cccc4c3)n2)cc1. The van der Waals surface area contributed by atoms with Crippen LogP contribution in [0.25, 0.3) is 110 Å². The molecule has 0 bridgehead atoms. The Morgan fingerprint density at radius 1 is 0.328 bits per heavy atom. The van der Waals surface area contributed by atoms with E-state index in [1.165, 1.54) is 59.8 Å². The van der Waals surface area contributed by atoms with E-state index in [1.54, 1.807) is 0 Å².